The minimum atomic E-state index is -0.472. The Morgan fingerprint density at radius 1 is 1.26 bits per heavy atom. The third-order valence-corrected chi connectivity index (χ3v) is 4.23. The van der Waals surface area contributed by atoms with Gasteiger partial charge in [0.25, 0.3) is 0 Å². The van der Waals surface area contributed by atoms with E-state index >= 15 is 0 Å². The van der Waals surface area contributed by atoms with E-state index in [2.05, 4.69) is 10.3 Å². The molecule has 0 saturated carbocycles. The Morgan fingerprint density at radius 2 is 2.09 bits per heavy atom. The fraction of sp³-hybridized carbons (Fsp3) is 0.444. The first-order valence-corrected chi connectivity index (χ1v) is 7.86. The van der Waals surface area contributed by atoms with Crippen molar-refractivity contribution in [1.82, 2.24) is 10.3 Å². The van der Waals surface area contributed by atoms with Crippen LogP contribution >= 0.6 is 12.4 Å². The minimum absolute atomic E-state index is 0. The summed E-state index contributed by atoms with van der Waals surface area (Å²) in [5, 5.41) is 4.21. The Balaban J connectivity index is 0.00000192. The molecule has 2 heterocycles. The number of carbonyl (C=O) groups excluding carboxylic acids is 1. The fourth-order valence-electron chi connectivity index (χ4n) is 3.05. The molecule has 1 aliphatic rings. The average molecular weight is 335 g/mol. The Labute approximate surface area is 143 Å². The molecule has 5 heteroatoms. The number of fused-ring (bicyclic) bond motifs is 1. The molecule has 4 nitrogen and oxygen atoms in total. The summed E-state index contributed by atoms with van der Waals surface area (Å²) in [5.74, 6) is -0.0226. The summed E-state index contributed by atoms with van der Waals surface area (Å²) in [6, 6.07) is 9.99. The van der Waals surface area contributed by atoms with E-state index in [9.17, 15) is 4.79 Å². The van der Waals surface area contributed by atoms with Gasteiger partial charge in [-0.1, -0.05) is 18.2 Å². The molecule has 0 spiro atoms. The largest absolute Gasteiger partial charge is 0.368 e. The quantitative estimate of drug-likeness (QED) is 0.933. The molecular formula is C18H23ClN2O2. The van der Waals surface area contributed by atoms with Gasteiger partial charge in [0.15, 0.2) is 0 Å². The molecule has 2 aromatic rings. The van der Waals surface area contributed by atoms with E-state index in [4.69, 9.17) is 4.74 Å². The van der Waals surface area contributed by atoms with Gasteiger partial charge in [0.1, 0.15) is 6.10 Å². The lowest BCUT2D eigenvalue weighted by molar-refractivity contribution is -0.137. The second-order valence-corrected chi connectivity index (χ2v) is 6.35. The summed E-state index contributed by atoms with van der Waals surface area (Å²) in [6.45, 7) is 4.72. The van der Waals surface area contributed by atoms with Crippen molar-refractivity contribution in [1.29, 1.82) is 0 Å². The highest BCUT2D eigenvalue weighted by Crippen LogP contribution is 2.28. The molecule has 124 valence electrons. The number of amides is 1. The number of benzene rings is 1. The molecule has 0 aliphatic carbocycles. The number of hydrogen-bond acceptors (Lipinski definition) is 3. The number of nitrogens with one attached hydrogen (secondary N) is 1. The van der Waals surface area contributed by atoms with Crippen molar-refractivity contribution in [2.24, 2.45) is 0 Å². The SMILES string of the molecule is CC(C)(NC(=O)[C@H]1CCCCO1)c1cccc2ncccc12.Cl. The van der Waals surface area contributed by atoms with E-state index in [1.807, 2.05) is 44.2 Å². The number of nitrogens with zero attached hydrogens (tertiary/aromatic N) is 1. The van der Waals surface area contributed by atoms with Crippen LogP contribution in [0.5, 0.6) is 0 Å². The maximum atomic E-state index is 12.5. The molecule has 0 radical (unpaired) electrons. The second-order valence-electron chi connectivity index (χ2n) is 6.35. The van der Waals surface area contributed by atoms with Gasteiger partial charge in [-0.05, 0) is 50.8 Å². The zero-order valence-corrected chi connectivity index (χ0v) is 14.4. The van der Waals surface area contributed by atoms with Crippen LogP contribution in [0.3, 0.4) is 0 Å². The van der Waals surface area contributed by atoms with Gasteiger partial charge < -0.3 is 10.1 Å². The van der Waals surface area contributed by atoms with E-state index in [-0.39, 0.29) is 24.4 Å². The zero-order valence-electron chi connectivity index (χ0n) is 13.5. The van der Waals surface area contributed by atoms with Crippen LogP contribution in [0.15, 0.2) is 36.5 Å². The molecule has 0 bridgehead atoms. The summed E-state index contributed by atoms with van der Waals surface area (Å²) < 4.78 is 5.58. The van der Waals surface area contributed by atoms with Crippen LogP contribution in [0.1, 0.15) is 38.7 Å². The predicted molar refractivity (Wildman–Crippen MR) is 93.8 cm³/mol. The monoisotopic (exact) mass is 334 g/mol. The standard InChI is InChI=1S/C18H22N2O2.ClH/c1-18(2,20-17(21)16-10-3-4-12-22-16)14-8-5-9-15-13(14)7-6-11-19-15;/h5-9,11,16H,3-4,10,12H2,1-2H3,(H,20,21);1H/t16-;/m1./s1. The number of halogens is 1. The minimum Gasteiger partial charge on any atom is -0.368 e. The normalized spacial score (nSPS) is 18.3. The molecule has 1 amide bonds. The van der Waals surface area contributed by atoms with E-state index in [0.29, 0.717) is 6.61 Å². The number of rotatable bonds is 3. The second kappa shape index (κ2) is 7.28. The molecular weight excluding hydrogens is 312 g/mol. The summed E-state index contributed by atoms with van der Waals surface area (Å²) in [7, 11) is 0. The van der Waals surface area contributed by atoms with E-state index < -0.39 is 5.54 Å². The van der Waals surface area contributed by atoms with E-state index in [1.165, 1.54) is 0 Å². The van der Waals surface area contributed by atoms with Gasteiger partial charge in [-0.15, -0.1) is 12.4 Å². The topological polar surface area (TPSA) is 51.2 Å². The van der Waals surface area contributed by atoms with Crippen molar-refractivity contribution in [2.75, 3.05) is 6.61 Å². The van der Waals surface area contributed by atoms with Gasteiger partial charge in [-0.3, -0.25) is 9.78 Å². The summed E-state index contributed by atoms with van der Waals surface area (Å²) in [5.41, 5.74) is 1.54. The van der Waals surface area contributed by atoms with Gasteiger partial charge in [0.05, 0.1) is 11.1 Å². The lowest BCUT2D eigenvalue weighted by Gasteiger charge is -2.31. The average Bonchev–Trinajstić information content (AvgIpc) is 2.54. The lowest BCUT2D eigenvalue weighted by Crippen LogP contribution is -2.47. The molecule has 3 rings (SSSR count). The number of aromatic nitrogens is 1. The highest BCUT2D eigenvalue weighted by atomic mass is 35.5. The van der Waals surface area contributed by atoms with E-state index in [1.54, 1.807) is 6.20 Å². The first kappa shape index (κ1) is 17.7. The molecule has 1 aromatic heterocycles. The molecule has 1 fully saturated rings. The molecule has 1 atom stereocenters. The van der Waals surface area contributed by atoms with Crippen LogP contribution in [0.4, 0.5) is 0 Å². The van der Waals surface area contributed by atoms with E-state index in [0.717, 1.165) is 35.7 Å². The molecule has 1 aromatic carbocycles. The molecule has 0 unspecified atom stereocenters. The summed E-state index contributed by atoms with van der Waals surface area (Å²) in [4.78, 5) is 16.9. The van der Waals surface area contributed by atoms with Crippen molar-refractivity contribution in [3.8, 4) is 0 Å². The summed E-state index contributed by atoms with van der Waals surface area (Å²) >= 11 is 0. The first-order valence-electron chi connectivity index (χ1n) is 7.86. The Morgan fingerprint density at radius 3 is 2.83 bits per heavy atom. The number of ether oxygens (including phenoxy) is 1. The van der Waals surface area contributed by atoms with Crippen molar-refractivity contribution in [3.05, 3.63) is 42.1 Å². The van der Waals surface area contributed by atoms with Crippen molar-refractivity contribution < 1.29 is 9.53 Å². The van der Waals surface area contributed by atoms with Gasteiger partial charge in [0.2, 0.25) is 5.91 Å². The molecule has 23 heavy (non-hydrogen) atoms. The van der Waals surface area contributed by atoms with Gasteiger partial charge in [-0.25, -0.2) is 0 Å². The molecule has 1 saturated heterocycles. The van der Waals surface area contributed by atoms with Crippen molar-refractivity contribution in [3.63, 3.8) is 0 Å². The van der Waals surface area contributed by atoms with Crippen LogP contribution in [0, 0.1) is 0 Å². The maximum Gasteiger partial charge on any atom is 0.249 e. The Bertz CT molecular complexity index is 676. The van der Waals surface area contributed by atoms with Crippen molar-refractivity contribution >= 4 is 29.2 Å². The van der Waals surface area contributed by atoms with Crippen molar-refractivity contribution in [2.45, 2.75) is 44.8 Å². The zero-order chi connectivity index (χ0) is 15.6. The highest BCUT2D eigenvalue weighted by Gasteiger charge is 2.29. The number of carbonyl (C=O) groups is 1. The van der Waals surface area contributed by atoms with Crippen LogP contribution in [-0.2, 0) is 15.1 Å². The van der Waals surface area contributed by atoms with Crippen LogP contribution in [-0.4, -0.2) is 23.6 Å². The highest BCUT2D eigenvalue weighted by molar-refractivity contribution is 5.86. The Kier molecular flexibility index (Phi) is 5.60. The Hall–Kier alpha value is -1.65. The fourth-order valence-corrected chi connectivity index (χ4v) is 3.05. The third kappa shape index (κ3) is 3.82. The number of hydrogen-bond donors (Lipinski definition) is 1. The number of pyridine rings is 1. The maximum absolute atomic E-state index is 12.5. The molecule has 1 aliphatic heterocycles. The first-order chi connectivity index (χ1) is 10.6. The van der Waals surface area contributed by atoms with Gasteiger partial charge >= 0.3 is 0 Å². The predicted octanol–water partition coefficient (Wildman–Crippen LogP) is 3.58. The van der Waals surface area contributed by atoms with Crippen LogP contribution in [0.25, 0.3) is 10.9 Å². The van der Waals surface area contributed by atoms with Gasteiger partial charge in [0, 0.05) is 18.2 Å². The lowest BCUT2D eigenvalue weighted by atomic mass is 9.90. The van der Waals surface area contributed by atoms with Crippen LogP contribution in [0.2, 0.25) is 0 Å². The van der Waals surface area contributed by atoms with Gasteiger partial charge in [-0.2, -0.15) is 0 Å². The molecule has 1 N–H and O–H groups in total. The third-order valence-electron chi connectivity index (χ3n) is 4.23. The smallest absolute Gasteiger partial charge is 0.249 e. The van der Waals surface area contributed by atoms with Crippen LogP contribution < -0.4 is 5.32 Å². The summed E-state index contributed by atoms with van der Waals surface area (Å²) in [6.07, 6.45) is 4.37.